The number of rotatable bonds is 9. The van der Waals surface area contributed by atoms with Gasteiger partial charge in [0.2, 0.25) is 0 Å². The van der Waals surface area contributed by atoms with Crippen LogP contribution in [0.15, 0.2) is 36.5 Å². The van der Waals surface area contributed by atoms with Crippen molar-refractivity contribution in [1.82, 2.24) is 14.9 Å². The molecule has 0 bridgehead atoms. The number of nitrogens with one attached hydrogen (secondary N) is 1. The maximum Gasteiger partial charge on any atom is 0.407 e. The fourth-order valence-corrected chi connectivity index (χ4v) is 3.89. The molecule has 3 rings (SSSR count). The lowest BCUT2D eigenvalue weighted by Gasteiger charge is -2.28. The Morgan fingerprint density at radius 3 is 2.70 bits per heavy atom. The third kappa shape index (κ3) is 5.05. The normalized spacial score (nSPS) is 21.0. The molecule has 162 valence electrons. The van der Waals surface area contributed by atoms with E-state index in [1.807, 2.05) is 44.2 Å². The summed E-state index contributed by atoms with van der Waals surface area (Å²) in [6.07, 6.45) is 2.21. The minimum absolute atomic E-state index is 0.0737. The van der Waals surface area contributed by atoms with Crippen molar-refractivity contribution in [3.63, 3.8) is 0 Å². The van der Waals surface area contributed by atoms with Crippen LogP contribution in [0.5, 0.6) is 0 Å². The molecule has 1 unspecified atom stereocenters. The number of ether oxygens (including phenoxy) is 1. The summed E-state index contributed by atoms with van der Waals surface area (Å²) in [6, 6.07) is 8.98. The first kappa shape index (κ1) is 22.0. The van der Waals surface area contributed by atoms with Gasteiger partial charge in [-0.25, -0.2) is 14.2 Å². The third-order valence-electron chi connectivity index (χ3n) is 5.43. The number of carboxylic acid groups (broad SMARTS) is 1. The highest BCUT2D eigenvalue weighted by Gasteiger charge is 2.45. The number of nitrogens with zero attached hydrogens (tertiary/aromatic N) is 3. The molecule has 1 aliphatic heterocycles. The highest BCUT2D eigenvalue weighted by atomic mass is 19.1. The Hall–Kier alpha value is -2.74. The lowest BCUT2D eigenvalue weighted by Crippen LogP contribution is -2.45. The molecule has 0 aliphatic carbocycles. The molecule has 1 aromatic carbocycles. The molecule has 1 aromatic heterocycles. The number of amides is 1. The summed E-state index contributed by atoms with van der Waals surface area (Å²) in [5.74, 6) is 0.640. The fraction of sp³-hybridized carbons (Fsp3) is 0.500. The monoisotopic (exact) mass is 416 g/mol. The van der Waals surface area contributed by atoms with Gasteiger partial charge in [-0.2, -0.15) is 0 Å². The average Bonchev–Trinajstić information content (AvgIpc) is 3.10. The average molecular weight is 416 g/mol. The lowest BCUT2D eigenvalue weighted by molar-refractivity contribution is 0.0450. The Kier molecular flexibility index (Phi) is 7.57. The van der Waals surface area contributed by atoms with Gasteiger partial charge < -0.3 is 20.1 Å². The number of carbonyl (C=O) groups is 1. The van der Waals surface area contributed by atoms with E-state index >= 15 is 0 Å². The number of likely N-dealkylation sites (tertiary alicyclic amines) is 1. The maximum atomic E-state index is 12.8. The Balaban J connectivity index is 1.94. The Morgan fingerprint density at radius 2 is 2.07 bits per heavy atom. The fourth-order valence-electron chi connectivity index (χ4n) is 3.89. The largest absolute Gasteiger partial charge is 0.465 e. The summed E-state index contributed by atoms with van der Waals surface area (Å²) < 4.78 is 18.5. The Bertz CT molecular complexity index is 836. The molecule has 30 heavy (non-hydrogen) atoms. The predicted octanol–water partition coefficient (Wildman–Crippen LogP) is 3.34. The Morgan fingerprint density at radius 1 is 1.30 bits per heavy atom. The second-order valence-electron chi connectivity index (χ2n) is 7.32. The van der Waals surface area contributed by atoms with Crippen molar-refractivity contribution in [2.75, 3.05) is 25.1 Å². The van der Waals surface area contributed by atoms with E-state index in [1.54, 1.807) is 6.20 Å². The second kappa shape index (κ2) is 10.3. The van der Waals surface area contributed by atoms with Crippen LogP contribution in [0.1, 0.15) is 30.8 Å². The van der Waals surface area contributed by atoms with Gasteiger partial charge in [0.1, 0.15) is 12.5 Å². The van der Waals surface area contributed by atoms with Crippen LogP contribution in [0.4, 0.5) is 15.0 Å². The van der Waals surface area contributed by atoms with Crippen molar-refractivity contribution >= 4 is 11.9 Å². The zero-order chi connectivity index (χ0) is 21.5. The van der Waals surface area contributed by atoms with Crippen molar-refractivity contribution < 1.29 is 19.0 Å². The molecule has 1 amide bonds. The highest BCUT2D eigenvalue weighted by Crippen LogP contribution is 2.28. The maximum absolute atomic E-state index is 12.8. The van der Waals surface area contributed by atoms with Crippen LogP contribution < -0.4 is 5.32 Å². The molecule has 0 saturated carbocycles. The number of aryl methyl sites for hydroxylation is 2. The summed E-state index contributed by atoms with van der Waals surface area (Å²) in [6.45, 7) is 3.48. The number of benzene rings is 1. The number of anilines is 1. The molecule has 7 nitrogen and oxygen atoms in total. The molecule has 0 radical (unpaired) electrons. The van der Waals surface area contributed by atoms with Crippen LogP contribution in [-0.2, 0) is 24.0 Å². The molecule has 2 heterocycles. The quantitative estimate of drug-likeness (QED) is 0.652. The lowest BCUT2D eigenvalue weighted by atomic mass is 9.98. The molecule has 1 fully saturated rings. The number of alkyl halides is 1. The van der Waals surface area contributed by atoms with Crippen LogP contribution in [-0.4, -0.2) is 64.1 Å². The van der Waals surface area contributed by atoms with E-state index < -0.39 is 18.9 Å². The van der Waals surface area contributed by atoms with Gasteiger partial charge in [0.05, 0.1) is 42.7 Å². The summed E-state index contributed by atoms with van der Waals surface area (Å²) in [7, 11) is 0. The van der Waals surface area contributed by atoms with Gasteiger partial charge in [0.25, 0.3) is 0 Å². The van der Waals surface area contributed by atoms with Crippen molar-refractivity contribution in [1.29, 1.82) is 0 Å². The molecule has 1 aliphatic rings. The molecule has 1 saturated heterocycles. The van der Waals surface area contributed by atoms with Gasteiger partial charge in [-0.05, 0) is 24.8 Å². The van der Waals surface area contributed by atoms with E-state index in [2.05, 4.69) is 15.3 Å². The first-order valence-corrected chi connectivity index (χ1v) is 10.4. The molecule has 0 spiro atoms. The van der Waals surface area contributed by atoms with Crippen LogP contribution in [0, 0.1) is 0 Å². The van der Waals surface area contributed by atoms with Crippen molar-refractivity contribution in [3.05, 3.63) is 53.5 Å². The van der Waals surface area contributed by atoms with Crippen molar-refractivity contribution in [2.24, 2.45) is 0 Å². The standard InChI is InChI=1S/C22H29FN4O3/c1-3-16-13-24-17(4-2)21(25-16)26-20-18(12-15-8-6-5-7-9-15)27(22(28)29)14-19(20)30-11-10-23/h5-9,13,18-20H,3-4,10-12,14H2,1-2H3,(H,25,26)(H,28,29)/t18?,19-,20+/m0/s1. The number of aromatic nitrogens is 2. The van der Waals surface area contributed by atoms with E-state index in [1.165, 1.54) is 4.90 Å². The third-order valence-corrected chi connectivity index (χ3v) is 5.43. The first-order chi connectivity index (χ1) is 14.6. The van der Waals surface area contributed by atoms with E-state index in [4.69, 9.17) is 4.74 Å². The number of halogens is 1. The number of hydrogen-bond donors (Lipinski definition) is 2. The molecule has 8 heteroatoms. The van der Waals surface area contributed by atoms with Crippen LogP contribution in [0.3, 0.4) is 0 Å². The Labute approximate surface area is 176 Å². The van der Waals surface area contributed by atoms with Crippen LogP contribution >= 0.6 is 0 Å². The summed E-state index contributed by atoms with van der Waals surface area (Å²) in [5, 5.41) is 13.2. The molecule has 2 aromatic rings. The van der Waals surface area contributed by atoms with Gasteiger partial charge >= 0.3 is 6.09 Å². The number of hydrogen-bond acceptors (Lipinski definition) is 5. The van der Waals surface area contributed by atoms with Crippen molar-refractivity contribution in [3.8, 4) is 0 Å². The topological polar surface area (TPSA) is 87.6 Å². The second-order valence-corrected chi connectivity index (χ2v) is 7.32. The minimum Gasteiger partial charge on any atom is -0.465 e. The minimum atomic E-state index is -1.02. The van der Waals surface area contributed by atoms with E-state index in [0.717, 1.165) is 23.4 Å². The summed E-state index contributed by atoms with van der Waals surface area (Å²) in [4.78, 5) is 22.6. The van der Waals surface area contributed by atoms with E-state index in [-0.39, 0.29) is 25.2 Å². The smallest absolute Gasteiger partial charge is 0.407 e. The van der Waals surface area contributed by atoms with Gasteiger partial charge in [0.15, 0.2) is 0 Å². The van der Waals surface area contributed by atoms with Gasteiger partial charge in [-0.1, -0.05) is 44.2 Å². The molecular weight excluding hydrogens is 387 g/mol. The van der Waals surface area contributed by atoms with E-state index in [0.29, 0.717) is 18.7 Å². The van der Waals surface area contributed by atoms with Gasteiger partial charge in [-0.3, -0.25) is 4.98 Å². The van der Waals surface area contributed by atoms with Gasteiger partial charge in [0, 0.05) is 6.20 Å². The predicted molar refractivity (Wildman–Crippen MR) is 113 cm³/mol. The van der Waals surface area contributed by atoms with E-state index in [9.17, 15) is 14.3 Å². The van der Waals surface area contributed by atoms with Gasteiger partial charge in [-0.15, -0.1) is 0 Å². The molecule has 2 N–H and O–H groups in total. The first-order valence-electron chi connectivity index (χ1n) is 10.4. The molecular formula is C22H29FN4O3. The summed E-state index contributed by atoms with van der Waals surface area (Å²) >= 11 is 0. The van der Waals surface area contributed by atoms with Crippen LogP contribution in [0.2, 0.25) is 0 Å². The zero-order valence-corrected chi connectivity index (χ0v) is 17.4. The molecule has 3 atom stereocenters. The highest BCUT2D eigenvalue weighted by molar-refractivity contribution is 5.67. The summed E-state index contributed by atoms with van der Waals surface area (Å²) in [5.41, 5.74) is 2.68. The van der Waals surface area contributed by atoms with Crippen LogP contribution in [0.25, 0.3) is 0 Å². The SMILES string of the molecule is CCc1cnc(CC)c(N[C@@H]2C(Cc3ccccc3)N(C(=O)O)C[C@@H]2OCCF)n1. The van der Waals surface area contributed by atoms with Crippen molar-refractivity contribution in [2.45, 2.75) is 51.3 Å². The zero-order valence-electron chi connectivity index (χ0n) is 17.4.